The second-order valence-corrected chi connectivity index (χ2v) is 2.86. The third-order valence-corrected chi connectivity index (χ3v) is 1.89. The van der Waals surface area contributed by atoms with Crippen molar-refractivity contribution in [3.8, 4) is 0 Å². The number of primary amides is 1. The number of hydrogen-bond acceptors (Lipinski definition) is 2. The first-order chi connectivity index (χ1) is 6.27. The van der Waals surface area contributed by atoms with Gasteiger partial charge in [0.25, 0.3) is 0 Å². The smallest absolute Gasteiger partial charge is 0.223 e. The Hall–Kier alpha value is -1.55. The van der Waals surface area contributed by atoms with Crippen LogP contribution in [-0.4, -0.2) is 16.1 Å². The molecule has 14 heavy (non-hydrogen) atoms. The molecule has 0 unspecified atom stereocenters. The van der Waals surface area contributed by atoms with Crippen LogP contribution in [-0.2, 0) is 11.2 Å². The van der Waals surface area contributed by atoms with Crippen LogP contribution in [0.2, 0.25) is 0 Å². The predicted molar refractivity (Wildman–Crippen MR) is 56.2 cm³/mol. The van der Waals surface area contributed by atoms with Gasteiger partial charge in [-0.25, -0.2) is 0 Å². The summed E-state index contributed by atoms with van der Waals surface area (Å²) >= 11 is 0. The van der Waals surface area contributed by atoms with Gasteiger partial charge in [0.2, 0.25) is 5.91 Å². The molecule has 0 saturated heterocycles. The molecule has 1 aromatic carbocycles. The van der Waals surface area contributed by atoms with Gasteiger partial charge in [0.15, 0.2) is 0 Å². The standard InChI is InChI=1S/C9H9N3O.ClH/c10-9(13)5-8-6-3-1-2-4-7(6)11-12-8;/h1-4H,5H2,(H2,10,13)(H,11,12);1H. The lowest BCUT2D eigenvalue weighted by Crippen LogP contribution is -2.13. The van der Waals surface area contributed by atoms with Crippen molar-refractivity contribution in [3.05, 3.63) is 30.0 Å². The summed E-state index contributed by atoms with van der Waals surface area (Å²) in [6.45, 7) is 0. The number of amides is 1. The van der Waals surface area contributed by atoms with Crippen molar-refractivity contribution in [1.82, 2.24) is 10.2 Å². The van der Waals surface area contributed by atoms with Crippen molar-refractivity contribution in [3.63, 3.8) is 0 Å². The first-order valence-electron chi connectivity index (χ1n) is 3.97. The molecule has 0 atom stereocenters. The van der Waals surface area contributed by atoms with E-state index in [0.29, 0.717) is 0 Å². The van der Waals surface area contributed by atoms with Gasteiger partial charge in [-0.15, -0.1) is 12.4 Å². The van der Waals surface area contributed by atoms with E-state index in [0.717, 1.165) is 16.6 Å². The Bertz CT molecular complexity index is 452. The van der Waals surface area contributed by atoms with Crippen LogP contribution >= 0.6 is 12.4 Å². The highest BCUT2D eigenvalue weighted by atomic mass is 35.5. The Kier molecular flexibility index (Phi) is 3.09. The van der Waals surface area contributed by atoms with Crippen molar-refractivity contribution in [2.24, 2.45) is 5.73 Å². The van der Waals surface area contributed by atoms with Crippen LogP contribution in [0.1, 0.15) is 5.69 Å². The first-order valence-corrected chi connectivity index (χ1v) is 3.97. The summed E-state index contributed by atoms with van der Waals surface area (Å²) in [4.78, 5) is 10.7. The van der Waals surface area contributed by atoms with Gasteiger partial charge in [0.05, 0.1) is 17.6 Å². The average molecular weight is 212 g/mol. The molecule has 4 nitrogen and oxygen atoms in total. The number of nitrogens with one attached hydrogen (secondary N) is 1. The summed E-state index contributed by atoms with van der Waals surface area (Å²) in [5.41, 5.74) is 6.73. The summed E-state index contributed by atoms with van der Waals surface area (Å²) in [6, 6.07) is 7.60. The van der Waals surface area contributed by atoms with Gasteiger partial charge in [-0.3, -0.25) is 9.89 Å². The molecule has 0 spiro atoms. The molecule has 0 saturated carbocycles. The molecule has 1 amide bonds. The van der Waals surface area contributed by atoms with Crippen molar-refractivity contribution in [2.45, 2.75) is 6.42 Å². The topological polar surface area (TPSA) is 71.8 Å². The SMILES string of the molecule is Cl.NC(=O)Cc1[nH]nc2ccccc12. The van der Waals surface area contributed by atoms with Crippen molar-refractivity contribution in [2.75, 3.05) is 0 Å². The number of aromatic nitrogens is 2. The second kappa shape index (κ2) is 4.11. The fourth-order valence-corrected chi connectivity index (χ4v) is 1.32. The molecule has 1 heterocycles. The van der Waals surface area contributed by atoms with Gasteiger partial charge in [-0.2, -0.15) is 5.10 Å². The number of hydrogen-bond donors (Lipinski definition) is 2. The average Bonchev–Trinajstić information content (AvgIpc) is 2.48. The van der Waals surface area contributed by atoms with Crippen LogP contribution in [0.15, 0.2) is 24.3 Å². The van der Waals surface area contributed by atoms with Crippen LogP contribution in [0.5, 0.6) is 0 Å². The summed E-state index contributed by atoms with van der Waals surface area (Å²) in [5, 5.41) is 7.79. The molecule has 1 aromatic heterocycles. The number of rotatable bonds is 2. The minimum absolute atomic E-state index is 0. The molecular formula is C9H10ClN3O. The third kappa shape index (κ3) is 1.85. The number of H-pyrrole nitrogens is 1. The van der Waals surface area contributed by atoms with E-state index in [1.54, 1.807) is 0 Å². The molecule has 0 aliphatic carbocycles. The summed E-state index contributed by atoms with van der Waals surface area (Å²) in [5.74, 6) is -0.352. The van der Waals surface area contributed by atoms with E-state index in [2.05, 4.69) is 10.2 Å². The maximum Gasteiger partial charge on any atom is 0.223 e. The minimum atomic E-state index is -0.352. The molecular weight excluding hydrogens is 202 g/mol. The lowest BCUT2D eigenvalue weighted by molar-refractivity contribution is -0.117. The Morgan fingerprint density at radius 3 is 2.86 bits per heavy atom. The van der Waals surface area contributed by atoms with Gasteiger partial charge in [-0.05, 0) is 6.07 Å². The highest BCUT2D eigenvalue weighted by Crippen LogP contribution is 2.14. The zero-order valence-electron chi connectivity index (χ0n) is 7.36. The van der Waals surface area contributed by atoms with Gasteiger partial charge in [-0.1, -0.05) is 18.2 Å². The maximum atomic E-state index is 10.7. The molecule has 74 valence electrons. The fraction of sp³-hybridized carbons (Fsp3) is 0.111. The maximum absolute atomic E-state index is 10.7. The first kappa shape index (κ1) is 10.5. The Balaban J connectivity index is 0.000000980. The van der Waals surface area contributed by atoms with E-state index in [1.807, 2.05) is 24.3 Å². The van der Waals surface area contributed by atoms with E-state index >= 15 is 0 Å². The van der Waals surface area contributed by atoms with Crippen LogP contribution in [0.25, 0.3) is 10.9 Å². The Labute approximate surface area is 86.9 Å². The molecule has 2 aromatic rings. The number of nitrogens with two attached hydrogens (primary N) is 1. The van der Waals surface area contributed by atoms with E-state index in [9.17, 15) is 4.79 Å². The lowest BCUT2D eigenvalue weighted by atomic mass is 10.2. The summed E-state index contributed by atoms with van der Waals surface area (Å²) in [7, 11) is 0. The van der Waals surface area contributed by atoms with Gasteiger partial charge in [0.1, 0.15) is 0 Å². The van der Waals surface area contributed by atoms with Gasteiger partial charge in [0, 0.05) is 5.39 Å². The number of para-hydroxylation sites is 1. The van der Waals surface area contributed by atoms with Gasteiger partial charge < -0.3 is 5.73 Å². The Morgan fingerprint density at radius 1 is 1.43 bits per heavy atom. The zero-order valence-corrected chi connectivity index (χ0v) is 8.17. The number of nitrogens with zero attached hydrogens (tertiary/aromatic N) is 1. The van der Waals surface area contributed by atoms with Crippen molar-refractivity contribution < 1.29 is 4.79 Å². The number of halogens is 1. The second-order valence-electron chi connectivity index (χ2n) is 2.86. The van der Waals surface area contributed by atoms with Crippen molar-refractivity contribution in [1.29, 1.82) is 0 Å². The number of carbonyl (C=O) groups excluding carboxylic acids is 1. The molecule has 0 radical (unpaired) electrons. The number of fused-ring (bicyclic) bond motifs is 1. The highest BCUT2D eigenvalue weighted by Gasteiger charge is 2.05. The normalized spacial score (nSPS) is 9.71. The number of aromatic amines is 1. The van der Waals surface area contributed by atoms with E-state index < -0.39 is 0 Å². The summed E-state index contributed by atoms with van der Waals surface area (Å²) in [6.07, 6.45) is 0.209. The van der Waals surface area contributed by atoms with E-state index in [1.165, 1.54) is 0 Å². The lowest BCUT2D eigenvalue weighted by Gasteiger charge is -1.92. The fourth-order valence-electron chi connectivity index (χ4n) is 1.32. The van der Waals surface area contributed by atoms with Crippen LogP contribution in [0.3, 0.4) is 0 Å². The predicted octanol–water partition coefficient (Wildman–Crippen LogP) is 1.01. The number of benzene rings is 1. The molecule has 0 bridgehead atoms. The quantitative estimate of drug-likeness (QED) is 0.778. The minimum Gasteiger partial charge on any atom is -0.369 e. The van der Waals surface area contributed by atoms with Crippen LogP contribution in [0, 0.1) is 0 Å². The largest absolute Gasteiger partial charge is 0.369 e. The van der Waals surface area contributed by atoms with E-state index in [4.69, 9.17) is 5.73 Å². The molecule has 0 aliphatic rings. The molecule has 5 heteroatoms. The van der Waals surface area contributed by atoms with Crippen LogP contribution in [0.4, 0.5) is 0 Å². The third-order valence-electron chi connectivity index (χ3n) is 1.89. The number of carbonyl (C=O) groups is 1. The molecule has 0 fully saturated rings. The van der Waals surface area contributed by atoms with Crippen molar-refractivity contribution >= 4 is 29.2 Å². The summed E-state index contributed by atoms with van der Waals surface area (Å²) < 4.78 is 0. The zero-order chi connectivity index (χ0) is 9.26. The molecule has 0 aliphatic heterocycles. The Morgan fingerprint density at radius 2 is 2.14 bits per heavy atom. The van der Waals surface area contributed by atoms with Crippen LogP contribution < -0.4 is 5.73 Å². The highest BCUT2D eigenvalue weighted by molar-refractivity contribution is 5.86. The molecule has 3 N–H and O–H groups in total. The van der Waals surface area contributed by atoms with Gasteiger partial charge >= 0.3 is 0 Å². The molecule has 2 rings (SSSR count). The van der Waals surface area contributed by atoms with E-state index in [-0.39, 0.29) is 24.7 Å². The monoisotopic (exact) mass is 211 g/mol.